The first-order chi connectivity index (χ1) is 9.53. The van der Waals surface area contributed by atoms with E-state index in [4.69, 9.17) is 10.5 Å². The molecule has 0 heterocycles. The molecule has 4 nitrogen and oxygen atoms in total. The maximum Gasteiger partial charge on any atom is 0.412 e. The van der Waals surface area contributed by atoms with Crippen LogP contribution in [0, 0.1) is 0 Å². The van der Waals surface area contributed by atoms with Crippen molar-refractivity contribution in [1.29, 1.82) is 0 Å². The summed E-state index contributed by atoms with van der Waals surface area (Å²) in [6.45, 7) is 9.67. The van der Waals surface area contributed by atoms with Crippen molar-refractivity contribution in [3.8, 4) is 0 Å². The minimum atomic E-state index is -0.501. The number of amides is 1. The van der Waals surface area contributed by atoms with E-state index in [1.807, 2.05) is 39.0 Å². The number of carbonyl (C=O) groups is 1. The van der Waals surface area contributed by atoms with Gasteiger partial charge in [-0.25, -0.2) is 4.79 Å². The summed E-state index contributed by atoms with van der Waals surface area (Å²) >= 11 is 0. The number of carbonyl (C=O) groups excluding carboxylic acids is 1. The topological polar surface area (TPSA) is 64.3 Å². The van der Waals surface area contributed by atoms with Gasteiger partial charge >= 0.3 is 6.09 Å². The highest BCUT2D eigenvalue weighted by molar-refractivity contribution is 5.85. The van der Waals surface area contributed by atoms with Crippen molar-refractivity contribution in [1.82, 2.24) is 0 Å². The number of hydrogen-bond donors (Lipinski definition) is 2. The molecule has 0 unspecified atom stereocenters. The lowest BCUT2D eigenvalue weighted by atomic mass is 9.79. The summed E-state index contributed by atoms with van der Waals surface area (Å²) < 4.78 is 5.28. The van der Waals surface area contributed by atoms with Gasteiger partial charge in [0.1, 0.15) is 5.60 Å². The van der Waals surface area contributed by atoms with Crippen molar-refractivity contribution >= 4 is 11.8 Å². The fourth-order valence-electron chi connectivity index (χ4n) is 2.75. The van der Waals surface area contributed by atoms with Gasteiger partial charge in [0.05, 0.1) is 0 Å². The number of hydrogen-bond acceptors (Lipinski definition) is 3. The SMILES string of the molecule is CC(C)(C)OC(=O)Nc1cccc(C2(C(C)(C)N)CC2)c1. The van der Waals surface area contributed by atoms with Crippen LogP contribution in [0.15, 0.2) is 24.3 Å². The summed E-state index contributed by atoms with van der Waals surface area (Å²) in [5.41, 5.74) is 7.52. The van der Waals surface area contributed by atoms with E-state index < -0.39 is 11.7 Å². The zero-order valence-electron chi connectivity index (χ0n) is 13.6. The summed E-state index contributed by atoms with van der Waals surface area (Å²) in [7, 11) is 0. The molecule has 1 fully saturated rings. The van der Waals surface area contributed by atoms with Crippen LogP contribution in [0.2, 0.25) is 0 Å². The quantitative estimate of drug-likeness (QED) is 0.890. The van der Waals surface area contributed by atoms with Gasteiger partial charge in [0.15, 0.2) is 0 Å². The Morgan fingerprint density at radius 1 is 1.24 bits per heavy atom. The first-order valence-electron chi connectivity index (χ1n) is 7.43. The fraction of sp³-hybridized carbons (Fsp3) is 0.588. The molecule has 1 aliphatic rings. The van der Waals surface area contributed by atoms with E-state index in [1.54, 1.807) is 0 Å². The first-order valence-corrected chi connectivity index (χ1v) is 7.43. The maximum absolute atomic E-state index is 11.8. The second kappa shape index (κ2) is 5.02. The number of nitrogens with one attached hydrogen (secondary N) is 1. The van der Waals surface area contributed by atoms with Crippen LogP contribution in [-0.2, 0) is 10.2 Å². The molecule has 1 saturated carbocycles. The Kier molecular flexibility index (Phi) is 3.79. The van der Waals surface area contributed by atoms with Gasteiger partial charge in [-0.2, -0.15) is 0 Å². The van der Waals surface area contributed by atoms with Crippen LogP contribution in [0.3, 0.4) is 0 Å². The van der Waals surface area contributed by atoms with Crippen molar-refractivity contribution in [3.05, 3.63) is 29.8 Å². The number of rotatable bonds is 3. The van der Waals surface area contributed by atoms with Gasteiger partial charge < -0.3 is 10.5 Å². The molecule has 0 saturated heterocycles. The minimum absolute atomic E-state index is 0.0264. The van der Waals surface area contributed by atoms with Crippen LogP contribution in [-0.4, -0.2) is 17.2 Å². The second-order valence-corrected chi connectivity index (χ2v) is 7.51. The molecule has 4 heteroatoms. The van der Waals surface area contributed by atoms with Crippen LogP contribution in [0.1, 0.15) is 53.0 Å². The third kappa shape index (κ3) is 3.56. The summed E-state index contributed by atoms with van der Waals surface area (Å²) in [6, 6.07) is 7.91. The number of ether oxygens (including phenoxy) is 1. The molecular weight excluding hydrogens is 264 g/mol. The highest BCUT2D eigenvalue weighted by Gasteiger charge is 2.53. The largest absolute Gasteiger partial charge is 0.444 e. The van der Waals surface area contributed by atoms with Gasteiger partial charge in [-0.1, -0.05) is 12.1 Å². The van der Waals surface area contributed by atoms with Crippen LogP contribution in [0.5, 0.6) is 0 Å². The van der Waals surface area contributed by atoms with Gasteiger partial charge in [-0.3, -0.25) is 5.32 Å². The van der Waals surface area contributed by atoms with E-state index in [9.17, 15) is 4.79 Å². The van der Waals surface area contributed by atoms with Gasteiger partial charge in [-0.05, 0) is 65.2 Å². The van der Waals surface area contributed by atoms with Crippen molar-refractivity contribution in [3.63, 3.8) is 0 Å². The summed E-state index contributed by atoms with van der Waals surface area (Å²) in [6.07, 6.45) is 1.75. The monoisotopic (exact) mass is 290 g/mol. The number of nitrogens with two attached hydrogens (primary N) is 1. The zero-order valence-corrected chi connectivity index (χ0v) is 13.6. The third-order valence-electron chi connectivity index (χ3n) is 4.04. The normalized spacial score (nSPS) is 17.2. The lowest BCUT2D eigenvalue weighted by molar-refractivity contribution is 0.0636. The van der Waals surface area contributed by atoms with E-state index in [2.05, 4.69) is 25.2 Å². The van der Waals surface area contributed by atoms with E-state index in [1.165, 1.54) is 5.56 Å². The summed E-state index contributed by atoms with van der Waals surface area (Å²) in [5, 5.41) is 2.79. The molecule has 3 N–H and O–H groups in total. The molecule has 0 spiro atoms. The standard InChI is InChI=1S/C17H26N2O2/c1-15(2,3)21-14(20)19-13-8-6-7-12(11-13)17(9-10-17)16(4,5)18/h6-8,11H,9-10,18H2,1-5H3,(H,19,20). The van der Waals surface area contributed by atoms with Crippen molar-refractivity contribution in [2.24, 2.45) is 5.73 Å². The van der Waals surface area contributed by atoms with E-state index in [0.717, 1.165) is 18.5 Å². The predicted molar refractivity (Wildman–Crippen MR) is 85.5 cm³/mol. The molecule has 2 rings (SSSR count). The molecule has 21 heavy (non-hydrogen) atoms. The fourth-order valence-corrected chi connectivity index (χ4v) is 2.75. The van der Waals surface area contributed by atoms with Crippen LogP contribution in [0.4, 0.5) is 10.5 Å². The molecule has 0 aromatic heterocycles. The van der Waals surface area contributed by atoms with Crippen LogP contribution >= 0.6 is 0 Å². The molecule has 116 valence electrons. The Hall–Kier alpha value is -1.55. The smallest absolute Gasteiger partial charge is 0.412 e. The van der Waals surface area contributed by atoms with Gasteiger partial charge in [0.25, 0.3) is 0 Å². The van der Waals surface area contributed by atoms with Gasteiger partial charge in [0, 0.05) is 16.6 Å². The maximum atomic E-state index is 11.8. The van der Waals surface area contributed by atoms with Crippen LogP contribution in [0.25, 0.3) is 0 Å². The van der Waals surface area contributed by atoms with E-state index in [0.29, 0.717) is 0 Å². The van der Waals surface area contributed by atoms with Crippen molar-refractivity contribution in [2.75, 3.05) is 5.32 Å². The molecule has 0 atom stereocenters. The highest BCUT2D eigenvalue weighted by Crippen LogP contribution is 2.54. The molecule has 1 aromatic carbocycles. The van der Waals surface area contributed by atoms with E-state index in [-0.39, 0.29) is 11.0 Å². The molecule has 0 bridgehead atoms. The van der Waals surface area contributed by atoms with Crippen molar-refractivity contribution < 1.29 is 9.53 Å². The van der Waals surface area contributed by atoms with Crippen LogP contribution < -0.4 is 11.1 Å². The average Bonchev–Trinajstić information content (AvgIpc) is 3.06. The van der Waals surface area contributed by atoms with E-state index >= 15 is 0 Å². The Labute approximate surface area is 127 Å². The molecular formula is C17H26N2O2. The minimum Gasteiger partial charge on any atom is -0.444 e. The van der Waals surface area contributed by atoms with Gasteiger partial charge in [-0.15, -0.1) is 0 Å². The van der Waals surface area contributed by atoms with Gasteiger partial charge in [0.2, 0.25) is 0 Å². The molecule has 1 amide bonds. The summed E-state index contributed by atoms with van der Waals surface area (Å²) in [5.74, 6) is 0. The Bertz CT molecular complexity index is 534. The average molecular weight is 290 g/mol. The highest BCUT2D eigenvalue weighted by atomic mass is 16.6. The number of anilines is 1. The molecule has 0 radical (unpaired) electrons. The Balaban J connectivity index is 2.14. The molecule has 0 aliphatic heterocycles. The second-order valence-electron chi connectivity index (χ2n) is 7.51. The first kappa shape index (κ1) is 15.8. The van der Waals surface area contributed by atoms with Crippen molar-refractivity contribution in [2.45, 2.75) is 64.0 Å². The number of benzene rings is 1. The lowest BCUT2D eigenvalue weighted by Gasteiger charge is -2.31. The Morgan fingerprint density at radius 3 is 2.33 bits per heavy atom. The summed E-state index contributed by atoms with van der Waals surface area (Å²) in [4.78, 5) is 11.8. The predicted octanol–water partition coefficient (Wildman–Crippen LogP) is 3.80. The lowest BCUT2D eigenvalue weighted by Crippen LogP contribution is -2.45. The molecule has 1 aromatic rings. The third-order valence-corrected chi connectivity index (χ3v) is 4.04. The molecule has 1 aliphatic carbocycles. The Morgan fingerprint density at radius 2 is 1.86 bits per heavy atom. The zero-order chi connectivity index (χ0) is 15.9.